The van der Waals surface area contributed by atoms with Gasteiger partial charge in [-0.3, -0.25) is 14.7 Å². The Balaban J connectivity index is 1.38. The Bertz CT molecular complexity index is 1070. The Morgan fingerprint density at radius 3 is 2.53 bits per heavy atom. The molecule has 1 aromatic carbocycles. The van der Waals surface area contributed by atoms with Crippen molar-refractivity contribution in [3.8, 4) is 0 Å². The van der Waals surface area contributed by atoms with Gasteiger partial charge >= 0.3 is 6.03 Å². The summed E-state index contributed by atoms with van der Waals surface area (Å²) in [5, 5.41) is 10.3. The summed E-state index contributed by atoms with van der Waals surface area (Å²) in [6, 6.07) is 7.83. The van der Waals surface area contributed by atoms with Crippen LogP contribution in [0.4, 0.5) is 27.9 Å². The maximum Gasteiger partial charge on any atom is 0.343 e. The Morgan fingerprint density at radius 2 is 1.91 bits per heavy atom. The zero-order valence-electron chi connectivity index (χ0n) is 20.0. The van der Waals surface area contributed by atoms with Gasteiger partial charge in [0.25, 0.3) is 5.91 Å². The smallest absolute Gasteiger partial charge is 0.336 e. The zero-order valence-corrected chi connectivity index (χ0v) is 20.0. The van der Waals surface area contributed by atoms with Crippen LogP contribution in [0.5, 0.6) is 0 Å². The molecule has 3 aliphatic rings. The molecular formula is C24H32N8O2. The van der Waals surface area contributed by atoms with Crippen LogP contribution >= 0.6 is 0 Å². The van der Waals surface area contributed by atoms with E-state index in [4.69, 9.17) is 4.98 Å². The first-order chi connectivity index (χ1) is 16.5. The van der Waals surface area contributed by atoms with Gasteiger partial charge in [-0.1, -0.05) is 12.8 Å². The van der Waals surface area contributed by atoms with Gasteiger partial charge in [0.05, 0.1) is 18.3 Å². The monoisotopic (exact) mass is 464 g/mol. The van der Waals surface area contributed by atoms with Crippen molar-refractivity contribution in [3.05, 3.63) is 36.0 Å². The fraction of sp³-hybridized carbons (Fsp3) is 0.500. The summed E-state index contributed by atoms with van der Waals surface area (Å²) < 4.78 is 0. The van der Waals surface area contributed by atoms with Gasteiger partial charge in [0, 0.05) is 45.0 Å². The summed E-state index contributed by atoms with van der Waals surface area (Å²) in [7, 11) is 3.61. The van der Waals surface area contributed by atoms with E-state index in [1.54, 1.807) is 28.1 Å². The number of likely N-dealkylation sites (N-methyl/N-ethyl adjacent to an activating group) is 1. The summed E-state index contributed by atoms with van der Waals surface area (Å²) in [5.41, 5.74) is 2.16. The maximum absolute atomic E-state index is 13.0. The number of hydrazine groups is 1. The molecule has 3 amide bonds. The van der Waals surface area contributed by atoms with E-state index in [9.17, 15) is 9.59 Å². The molecule has 34 heavy (non-hydrogen) atoms. The third kappa shape index (κ3) is 3.91. The van der Waals surface area contributed by atoms with Crippen LogP contribution in [0.25, 0.3) is 0 Å². The fourth-order valence-corrected chi connectivity index (χ4v) is 4.86. The molecule has 1 aromatic heterocycles. The van der Waals surface area contributed by atoms with Crippen LogP contribution in [0, 0.1) is 0 Å². The first kappa shape index (κ1) is 22.4. The molecule has 10 heteroatoms. The summed E-state index contributed by atoms with van der Waals surface area (Å²) in [6.07, 6.45) is 6.11. The highest BCUT2D eigenvalue weighted by Gasteiger charge is 2.39. The number of nitrogens with zero attached hydrogens (tertiary/aromatic N) is 6. The number of urea groups is 1. The molecule has 180 valence electrons. The number of amides is 3. The molecule has 2 N–H and O–H groups in total. The molecule has 1 saturated carbocycles. The summed E-state index contributed by atoms with van der Waals surface area (Å²) >= 11 is 0. The van der Waals surface area contributed by atoms with Gasteiger partial charge in [-0.25, -0.2) is 14.8 Å². The zero-order chi connectivity index (χ0) is 23.8. The molecule has 0 spiro atoms. The van der Waals surface area contributed by atoms with Crippen LogP contribution < -0.4 is 20.5 Å². The lowest BCUT2D eigenvalue weighted by Gasteiger charge is -2.45. The third-order valence-electron chi connectivity index (χ3n) is 7.08. The normalized spacial score (nSPS) is 18.7. The van der Waals surface area contributed by atoms with E-state index in [1.807, 2.05) is 38.2 Å². The van der Waals surface area contributed by atoms with Crippen molar-refractivity contribution in [3.63, 3.8) is 0 Å². The molecule has 2 fully saturated rings. The molecule has 0 bridgehead atoms. The topological polar surface area (TPSA) is 96.9 Å². The largest absolute Gasteiger partial charge is 0.343 e. The number of carbonyl (C=O) groups excluding carboxylic acids is 2. The molecule has 0 atom stereocenters. The van der Waals surface area contributed by atoms with Gasteiger partial charge in [0.2, 0.25) is 5.95 Å². The van der Waals surface area contributed by atoms with Gasteiger partial charge in [-0.15, -0.1) is 0 Å². The standard InChI is InChI=1S/C24H32N8O2/c1-4-31-24(34)30(3)20-15-26-23(28-21(20)32(31)18-7-5-6-8-18)27-17-11-9-16(10-12-17)22(33)29(2)19-13-25-14-19/h9-12,15,18-19,25H,4-8,13-14H2,1-3H3,(H,26,27,28). The second-order valence-corrected chi connectivity index (χ2v) is 9.17. The Morgan fingerprint density at radius 1 is 1.21 bits per heavy atom. The Hall–Kier alpha value is -3.40. The number of rotatable bonds is 6. The number of hydrogen-bond donors (Lipinski definition) is 2. The van der Waals surface area contributed by atoms with E-state index in [0.29, 0.717) is 23.7 Å². The van der Waals surface area contributed by atoms with Gasteiger partial charge in [-0.05, 0) is 44.0 Å². The number of nitrogens with one attached hydrogen (secondary N) is 2. The number of aromatic nitrogens is 2. The Labute approximate surface area is 199 Å². The lowest BCUT2D eigenvalue weighted by Crippen LogP contribution is -2.59. The van der Waals surface area contributed by atoms with E-state index in [2.05, 4.69) is 20.6 Å². The molecular weight excluding hydrogens is 432 g/mol. The predicted molar refractivity (Wildman–Crippen MR) is 131 cm³/mol. The van der Waals surface area contributed by atoms with Gasteiger partial charge in [-0.2, -0.15) is 4.98 Å². The van der Waals surface area contributed by atoms with Gasteiger partial charge < -0.3 is 15.5 Å². The van der Waals surface area contributed by atoms with E-state index in [0.717, 1.165) is 50.3 Å². The quantitative estimate of drug-likeness (QED) is 0.679. The summed E-state index contributed by atoms with van der Waals surface area (Å²) in [6.45, 7) is 4.24. The lowest BCUT2D eigenvalue weighted by atomic mass is 10.1. The maximum atomic E-state index is 13.0. The average molecular weight is 465 g/mol. The van der Waals surface area contributed by atoms with Crippen LogP contribution in [-0.4, -0.2) is 77.6 Å². The van der Waals surface area contributed by atoms with Crippen molar-refractivity contribution < 1.29 is 9.59 Å². The van der Waals surface area contributed by atoms with Gasteiger partial charge in [0.15, 0.2) is 5.82 Å². The highest BCUT2D eigenvalue weighted by atomic mass is 16.2. The minimum atomic E-state index is -0.0610. The average Bonchev–Trinajstić information content (AvgIpc) is 3.34. The number of hydrogen-bond acceptors (Lipinski definition) is 7. The third-order valence-corrected chi connectivity index (χ3v) is 7.08. The van der Waals surface area contributed by atoms with Crippen LogP contribution in [0.3, 0.4) is 0 Å². The Kier molecular flexibility index (Phi) is 5.99. The molecule has 1 aliphatic carbocycles. The number of anilines is 4. The number of fused-ring (bicyclic) bond motifs is 1. The van der Waals surface area contributed by atoms with Crippen LogP contribution in [0.15, 0.2) is 30.5 Å². The molecule has 2 aromatic rings. The van der Waals surface area contributed by atoms with Crippen molar-refractivity contribution >= 4 is 35.1 Å². The van der Waals surface area contributed by atoms with Crippen molar-refractivity contribution in [2.24, 2.45) is 0 Å². The molecule has 2 aliphatic heterocycles. The van der Waals surface area contributed by atoms with E-state index in [1.165, 1.54) is 0 Å². The van der Waals surface area contributed by atoms with Crippen molar-refractivity contribution in [2.45, 2.75) is 44.7 Å². The first-order valence-corrected chi connectivity index (χ1v) is 12.0. The molecule has 1 saturated heterocycles. The SMILES string of the molecule is CCN1C(=O)N(C)c2cnc(Nc3ccc(C(=O)N(C)C4CNC4)cc3)nc2N1C1CCCC1. The summed E-state index contributed by atoms with van der Waals surface area (Å²) in [4.78, 5) is 38.4. The first-order valence-electron chi connectivity index (χ1n) is 12.0. The van der Waals surface area contributed by atoms with Crippen LogP contribution in [-0.2, 0) is 0 Å². The number of benzene rings is 1. The molecule has 0 radical (unpaired) electrons. The molecule has 5 rings (SSSR count). The van der Waals surface area contributed by atoms with Crippen LogP contribution in [0.2, 0.25) is 0 Å². The van der Waals surface area contributed by atoms with Crippen molar-refractivity contribution in [1.29, 1.82) is 0 Å². The van der Waals surface area contributed by atoms with Crippen LogP contribution in [0.1, 0.15) is 43.0 Å². The molecule has 3 heterocycles. The highest BCUT2D eigenvalue weighted by Crippen LogP contribution is 2.38. The van der Waals surface area contributed by atoms with E-state index >= 15 is 0 Å². The molecule has 0 unspecified atom stereocenters. The highest BCUT2D eigenvalue weighted by molar-refractivity contribution is 5.98. The van der Waals surface area contributed by atoms with Crippen molar-refractivity contribution in [1.82, 2.24) is 25.2 Å². The van der Waals surface area contributed by atoms with Gasteiger partial charge in [0.1, 0.15) is 5.69 Å². The molecule has 10 nitrogen and oxygen atoms in total. The predicted octanol–water partition coefficient (Wildman–Crippen LogP) is 2.82. The fourth-order valence-electron chi connectivity index (χ4n) is 4.86. The van der Waals surface area contributed by atoms with Crippen molar-refractivity contribution in [2.75, 3.05) is 49.0 Å². The second kappa shape index (κ2) is 9.09. The second-order valence-electron chi connectivity index (χ2n) is 9.17. The van der Waals surface area contributed by atoms with E-state index < -0.39 is 0 Å². The minimum absolute atomic E-state index is 0.0163. The number of carbonyl (C=O) groups is 2. The van der Waals surface area contributed by atoms with E-state index in [-0.39, 0.29) is 24.0 Å². The lowest BCUT2D eigenvalue weighted by molar-refractivity contribution is 0.0681. The minimum Gasteiger partial charge on any atom is -0.336 e. The summed E-state index contributed by atoms with van der Waals surface area (Å²) in [5.74, 6) is 1.22.